The molecule has 1 aromatic heterocycles. The van der Waals surface area contributed by atoms with Crippen LogP contribution in [0.4, 0.5) is 0 Å². The van der Waals surface area contributed by atoms with Gasteiger partial charge in [-0.25, -0.2) is 0 Å². The number of thioether (sulfide) groups is 1. The number of ether oxygens (including phenoxy) is 1. The lowest BCUT2D eigenvalue weighted by Crippen LogP contribution is -2.42. The molecule has 2 aliphatic rings. The summed E-state index contributed by atoms with van der Waals surface area (Å²) in [5.74, 6) is 2.25. The van der Waals surface area contributed by atoms with Crippen molar-refractivity contribution in [2.75, 3.05) is 13.2 Å². The lowest BCUT2D eigenvalue weighted by molar-refractivity contribution is 0.169. The normalized spacial score (nSPS) is 31.8. The van der Waals surface area contributed by atoms with E-state index in [-0.39, 0.29) is 11.5 Å². The highest BCUT2D eigenvalue weighted by atomic mass is 32.2. The molecule has 0 radical (unpaired) electrons. The highest BCUT2D eigenvalue weighted by Crippen LogP contribution is 2.32. The molecular formula is C14H23N3O2S. The molecule has 112 valence electrons. The summed E-state index contributed by atoms with van der Waals surface area (Å²) in [7, 11) is 0. The van der Waals surface area contributed by atoms with Crippen LogP contribution in [0.25, 0.3) is 0 Å². The third-order valence-corrected chi connectivity index (χ3v) is 5.84. The second-order valence-corrected chi connectivity index (χ2v) is 7.41. The Bertz CT molecular complexity index is 447. The minimum absolute atomic E-state index is 0.0678. The van der Waals surface area contributed by atoms with Gasteiger partial charge in [0.15, 0.2) is 5.82 Å². The number of hydrogen-bond acceptors (Lipinski definition) is 6. The maximum atomic E-state index is 6.09. The first-order valence-corrected chi connectivity index (χ1v) is 8.51. The van der Waals surface area contributed by atoms with Crippen molar-refractivity contribution in [1.29, 1.82) is 0 Å². The molecule has 1 aliphatic heterocycles. The van der Waals surface area contributed by atoms with Crippen molar-refractivity contribution in [2.24, 2.45) is 5.73 Å². The minimum atomic E-state index is -0.333. The van der Waals surface area contributed by atoms with Crippen molar-refractivity contribution < 1.29 is 9.26 Å². The molecule has 0 aromatic carbocycles. The van der Waals surface area contributed by atoms with E-state index in [1.54, 1.807) is 0 Å². The molecule has 2 fully saturated rings. The van der Waals surface area contributed by atoms with Crippen LogP contribution in [0.3, 0.4) is 0 Å². The van der Waals surface area contributed by atoms with Crippen molar-refractivity contribution in [3.05, 3.63) is 11.7 Å². The van der Waals surface area contributed by atoms with Gasteiger partial charge in [-0.2, -0.15) is 16.7 Å². The average Bonchev–Trinajstić information content (AvgIpc) is 3.07. The van der Waals surface area contributed by atoms with Crippen LogP contribution in [0.1, 0.15) is 50.7 Å². The van der Waals surface area contributed by atoms with Gasteiger partial charge in [0, 0.05) is 11.3 Å². The first-order valence-electron chi connectivity index (χ1n) is 7.46. The molecule has 6 heteroatoms. The number of hydrogen-bond donors (Lipinski definition) is 1. The van der Waals surface area contributed by atoms with Crippen LogP contribution in [0.5, 0.6) is 0 Å². The second-order valence-electron chi connectivity index (χ2n) is 6.13. The molecule has 2 atom stereocenters. The smallest absolute Gasteiger partial charge is 0.236 e. The first kappa shape index (κ1) is 14.4. The van der Waals surface area contributed by atoms with Gasteiger partial charge in [0.25, 0.3) is 0 Å². The Morgan fingerprint density at radius 3 is 2.85 bits per heavy atom. The van der Waals surface area contributed by atoms with Gasteiger partial charge in [-0.15, -0.1) is 0 Å². The fourth-order valence-corrected chi connectivity index (χ4v) is 4.05. The number of aromatic nitrogens is 2. The predicted octanol–water partition coefficient (Wildman–Crippen LogP) is 2.25. The summed E-state index contributed by atoms with van der Waals surface area (Å²) >= 11 is 1.96. The van der Waals surface area contributed by atoms with Gasteiger partial charge in [-0.05, 0) is 19.8 Å². The van der Waals surface area contributed by atoms with Gasteiger partial charge in [0.05, 0.1) is 24.4 Å². The van der Waals surface area contributed by atoms with E-state index in [4.69, 9.17) is 15.0 Å². The van der Waals surface area contributed by atoms with E-state index in [1.165, 1.54) is 32.1 Å². The van der Waals surface area contributed by atoms with Gasteiger partial charge < -0.3 is 15.0 Å². The van der Waals surface area contributed by atoms with Crippen LogP contribution < -0.4 is 5.73 Å². The van der Waals surface area contributed by atoms with Gasteiger partial charge >= 0.3 is 0 Å². The Kier molecular flexibility index (Phi) is 4.33. The Labute approximate surface area is 124 Å². The standard InChI is InChI=1S/C14H23N3O2S/c1-14(9-18-7-11(14)15)13-16-12(17-19-13)8-20-10-5-3-2-4-6-10/h10-11H,2-9,15H2,1H3. The average molecular weight is 297 g/mol. The highest BCUT2D eigenvalue weighted by molar-refractivity contribution is 7.99. The summed E-state index contributed by atoms with van der Waals surface area (Å²) in [6.07, 6.45) is 6.76. The zero-order valence-corrected chi connectivity index (χ0v) is 12.8. The maximum Gasteiger partial charge on any atom is 0.236 e. The summed E-state index contributed by atoms with van der Waals surface area (Å²) in [6.45, 7) is 3.16. The topological polar surface area (TPSA) is 74.2 Å². The molecule has 0 spiro atoms. The van der Waals surface area contributed by atoms with E-state index < -0.39 is 0 Å². The van der Waals surface area contributed by atoms with Crippen LogP contribution >= 0.6 is 11.8 Å². The second kappa shape index (κ2) is 6.03. The Hall–Kier alpha value is -0.590. The minimum Gasteiger partial charge on any atom is -0.379 e. The largest absolute Gasteiger partial charge is 0.379 e. The van der Waals surface area contributed by atoms with Gasteiger partial charge in [-0.3, -0.25) is 0 Å². The lowest BCUT2D eigenvalue weighted by atomic mass is 9.86. The number of nitrogens with zero attached hydrogens (tertiary/aromatic N) is 2. The SMILES string of the molecule is CC1(c2nc(CSC3CCCCC3)no2)COCC1N. The van der Waals surface area contributed by atoms with Crippen molar-refractivity contribution >= 4 is 11.8 Å². The Morgan fingerprint density at radius 1 is 1.35 bits per heavy atom. The fraction of sp³-hybridized carbons (Fsp3) is 0.857. The van der Waals surface area contributed by atoms with E-state index in [9.17, 15) is 0 Å². The zero-order chi connectivity index (χ0) is 14.0. The third-order valence-electron chi connectivity index (χ3n) is 4.47. The zero-order valence-electron chi connectivity index (χ0n) is 12.0. The number of nitrogens with two attached hydrogens (primary N) is 1. The predicted molar refractivity (Wildman–Crippen MR) is 78.6 cm³/mol. The molecule has 20 heavy (non-hydrogen) atoms. The van der Waals surface area contributed by atoms with E-state index in [1.807, 2.05) is 18.7 Å². The Balaban J connectivity index is 1.59. The molecule has 1 aliphatic carbocycles. The van der Waals surface area contributed by atoms with Crippen LogP contribution in [-0.4, -0.2) is 34.6 Å². The van der Waals surface area contributed by atoms with Crippen molar-refractivity contribution in [3.63, 3.8) is 0 Å². The first-order chi connectivity index (χ1) is 9.68. The summed E-state index contributed by atoms with van der Waals surface area (Å²) in [4.78, 5) is 4.54. The molecule has 0 bridgehead atoms. The molecule has 5 nitrogen and oxygen atoms in total. The molecule has 0 amide bonds. The lowest BCUT2D eigenvalue weighted by Gasteiger charge is -2.21. The molecule has 2 heterocycles. The molecule has 1 aromatic rings. The summed E-state index contributed by atoms with van der Waals surface area (Å²) < 4.78 is 10.9. The van der Waals surface area contributed by atoms with Gasteiger partial charge in [0.1, 0.15) is 0 Å². The molecule has 2 unspecified atom stereocenters. The van der Waals surface area contributed by atoms with Crippen LogP contribution in [0.2, 0.25) is 0 Å². The maximum absolute atomic E-state index is 6.09. The monoisotopic (exact) mass is 297 g/mol. The summed E-state index contributed by atoms with van der Waals surface area (Å²) in [5.41, 5.74) is 5.75. The van der Waals surface area contributed by atoms with Gasteiger partial charge in [0.2, 0.25) is 5.89 Å². The summed E-state index contributed by atoms with van der Waals surface area (Å²) in [6, 6.07) is -0.0678. The molecule has 1 saturated heterocycles. The van der Waals surface area contributed by atoms with E-state index in [0.717, 1.165) is 16.8 Å². The molecule has 1 saturated carbocycles. The molecule has 2 N–H and O–H groups in total. The van der Waals surface area contributed by atoms with Crippen molar-refractivity contribution in [2.45, 2.75) is 61.5 Å². The van der Waals surface area contributed by atoms with Crippen molar-refractivity contribution in [3.8, 4) is 0 Å². The molecular weight excluding hydrogens is 274 g/mol. The Morgan fingerprint density at radius 2 is 2.15 bits per heavy atom. The van der Waals surface area contributed by atoms with Crippen LogP contribution in [0.15, 0.2) is 4.52 Å². The van der Waals surface area contributed by atoms with E-state index >= 15 is 0 Å². The number of rotatable bonds is 4. The van der Waals surface area contributed by atoms with Gasteiger partial charge in [-0.1, -0.05) is 24.4 Å². The third kappa shape index (κ3) is 2.87. The quantitative estimate of drug-likeness (QED) is 0.919. The van der Waals surface area contributed by atoms with Crippen LogP contribution in [-0.2, 0) is 15.9 Å². The highest BCUT2D eigenvalue weighted by Gasteiger charge is 2.44. The van der Waals surface area contributed by atoms with Crippen LogP contribution in [0, 0.1) is 0 Å². The van der Waals surface area contributed by atoms with E-state index in [0.29, 0.717) is 19.1 Å². The van der Waals surface area contributed by atoms with Crippen molar-refractivity contribution in [1.82, 2.24) is 10.1 Å². The summed E-state index contributed by atoms with van der Waals surface area (Å²) in [5, 5.41) is 4.87. The molecule has 3 rings (SSSR count). The fourth-order valence-electron chi connectivity index (χ4n) is 2.88. The van der Waals surface area contributed by atoms with E-state index in [2.05, 4.69) is 10.1 Å².